The summed E-state index contributed by atoms with van der Waals surface area (Å²) in [7, 11) is 0. The second kappa shape index (κ2) is 8.94. The number of carbonyl (C=O) groups is 1. The summed E-state index contributed by atoms with van der Waals surface area (Å²) in [4.78, 5) is 12.2. The lowest BCUT2D eigenvalue weighted by molar-refractivity contribution is -0.116. The number of para-hydroxylation sites is 1. The first kappa shape index (κ1) is 17.0. The second-order valence-corrected chi connectivity index (χ2v) is 6.25. The molecule has 1 aliphatic carbocycles. The molecule has 0 radical (unpaired) electrons. The minimum Gasteiger partial charge on any atom is -0.326 e. The SMILES string of the molecule is CCc1cccc(CC)c1NC(=O)CCNC1CCCCC1. The number of nitrogens with one attached hydrogen (secondary N) is 2. The van der Waals surface area contributed by atoms with Gasteiger partial charge in [-0.2, -0.15) is 0 Å². The van der Waals surface area contributed by atoms with Crippen LogP contribution in [0.2, 0.25) is 0 Å². The van der Waals surface area contributed by atoms with Gasteiger partial charge in [0.15, 0.2) is 0 Å². The highest BCUT2D eigenvalue weighted by Gasteiger charge is 2.14. The molecule has 2 rings (SSSR count). The van der Waals surface area contributed by atoms with Crippen molar-refractivity contribution in [2.45, 2.75) is 71.3 Å². The van der Waals surface area contributed by atoms with Crippen LogP contribution in [0.25, 0.3) is 0 Å². The summed E-state index contributed by atoms with van der Waals surface area (Å²) in [5.41, 5.74) is 3.50. The van der Waals surface area contributed by atoms with Gasteiger partial charge in [-0.25, -0.2) is 0 Å². The molecule has 0 heterocycles. The van der Waals surface area contributed by atoms with Crippen molar-refractivity contribution in [2.75, 3.05) is 11.9 Å². The van der Waals surface area contributed by atoms with Crippen molar-refractivity contribution in [3.63, 3.8) is 0 Å². The largest absolute Gasteiger partial charge is 0.326 e. The molecular weight excluding hydrogens is 272 g/mol. The molecule has 3 nitrogen and oxygen atoms in total. The molecule has 0 saturated heterocycles. The van der Waals surface area contributed by atoms with E-state index in [0.29, 0.717) is 12.5 Å². The number of benzene rings is 1. The monoisotopic (exact) mass is 302 g/mol. The molecule has 1 fully saturated rings. The zero-order valence-electron chi connectivity index (χ0n) is 14.1. The van der Waals surface area contributed by atoms with Gasteiger partial charge < -0.3 is 10.6 Å². The van der Waals surface area contributed by atoms with E-state index in [2.05, 4.69) is 42.7 Å². The Labute approximate surface area is 134 Å². The van der Waals surface area contributed by atoms with E-state index in [-0.39, 0.29) is 5.91 Å². The van der Waals surface area contributed by atoms with E-state index in [1.54, 1.807) is 0 Å². The van der Waals surface area contributed by atoms with Crippen molar-refractivity contribution in [3.05, 3.63) is 29.3 Å². The number of aryl methyl sites for hydroxylation is 2. The van der Waals surface area contributed by atoms with Crippen LogP contribution in [-0.4, -0.2) is 18.5 Å². The number of rotatable bonds is 7. The highest BCUT2D eigenvalue weighted by atomic mass is 16.1. The van der Waals surface area contributed by atoms with E-state index in [1.165, 1.54) is 43.2 Å². The van der Waals surface area contributed by atoms with E-state index < -0.39 is 0 Å². The lowest BCUT2D eigenvalue weighted by atomic mass is 9.95. The first-order valence-corrected chi connectivity index (χ1v) is 8.88. The third kappa shape index (κ3) is 4.84. The van der Waals surface area contributed by atoms with Gasteiger partial charge in [0.1, 0.15) is 0 Å². The summed E-state index contributed by atoms with van der Waals surface area (Å²) in [6.07, 6.45) is 9.00. The minimum atomic E-state index is 0.124. The van der Waals surface area contributed by atoms with Gasteiger partial charge >= 0.3 is 0 Å². The molecule has 1 saturated carbocycles. The average molecular weight is 302 g/mol. The summed E-state index contributed by atoms with van der Waals surface area (Å²) in [5.74, 6) is 0.124. The molecule has 0 aromatic heterocycles. The Bertz CT molecular complexity index is 456. The molecule has 0 spiro atoms. The van der Waals surface area contributed by atoms with Gasteiger partial charge in [-0.05, 0) is 36.8 Å². The maximum Gasteiger partial charge on any atom is 0.225 e. The standard InChI is InChI=1S/C19H30N2O/c1-3-15-9-8-10-16(4-2)19(15)21-18(22)13-14-20-17-11-6-5-7-12-17/h8-10,17,20H,3-7,11-14H2,1-2H3,(H,21,22). The molecule has 2 N–H and O–H groups in total. The number of carbonyl (C=O) groups excluding carboxylic acids is 1. The fourth-order valence-electron chi connectivity index (χ4n) is 3.30. The normalized spacial score (nSPS) is 15.7. The second-order valence-electron chi connectivity index (χ2n) is 6.25. The van der Waals surface area contributed by atoms with Crippen molar-refractivity contribution < 1.29 is 4.79 Å². The smallest absolute Gasteiger partial charge is 0.225 e. The molecule has 0 bridgehead atoms. The fourth-order valence-corrected chi connectivity index (χ4v) is 3.30. The molecule has 1 aromatic rings. The average Bonchev–Trinajstić information content (AvgIpc) is 2.56. The van der Waals surface area contributed by atoms with E-state index >= 15 is 0 Å². The third-order valence-electron chi connectivity index (χ3n) is 4.65. The van der Waals surface area contributed by atoms with Crippen LogP contribution < -0.4 is 10.6 Å². The van der Waals surface area contributed by atoms with Crippen molar-refractivity contribution >= 4 is 11.6 Å². The summed E-state index contributed by atoms with van der Waals surface area (Å²) in [5, 5.41) is 6.67. The molecule has 22 heavy (non-hydrogen) atoms. The minimum absolute atomic E-state index is 0.124. The Balaban J connectivity index is 1.83. The Morgan fingerprint density at radius 3 is 2.32 bits per heavy atom. The molecule has 122 valence electrons. The van der Waals surface area contributed by atoms with Crippen molar-refractivity contribution in [1.82, 2.24) is 5.32 Å². The zero-order chi connectivity index (χ0) is 15.8. The zero-order valence-corrected chi connectivity index (χ0v) is 14.1. The molecule has 1 aliphatic rings. The van der Waals surface area contributed by atoms with Crippen LogP contribution >= 0.6 is 0 Å². The predicted octanol–water partition coefficient (Wildman–Crippen LogP) is 4.06. The van der Waals surface area contributed by atoms with E-state index in [0.717, 1.165) is 25.1 Å². The van der Waals surface area contributed by atoms with Crippen molar-refractivity contribution in [1.29, 1.82) is 0 Å². The highest BCUT2D eigenvalue weighted by molar-refractivity contribution is 5.92. The summed E-state index contributed by atoms with van der Waals surface area (Å²) < 4.78 is 0. The Kier molecular flexibility index (Phi) is 6.91. The van der Waals surface area contributed by atoms with Gasteiger partial charge in [0.2, 0.25) is 5.91 Å². The van der Waals surface area contributed by atoms with Crippen LogP contribution in [0.3, 0.4) is 0 Å². The van der Waals surface area contributed by atoms with Gasteiger partial charge in [0.25, 0.3) is 0 Å². The summed E-state index contributed by atoms with van der Waals surface area (Å²) in [6, 6.07) is 6.91. The van der Waals surface area contributed by atoms with Crippen LogP contribution in [-0.2, 0) is 17.6 Å². The van der Waals surface area contributed by atoms with Crippen LogP contribution in [0, 0.1) is 0 Å². The molecule has 0 atom stereocenters. The van der Waals surface area contributed by atoms with Gasteiger partial charge in [-0.1, -0.05) is 51.3 Å². The molecule has 0 unspecified atom stereocenters. The Morgan fingerprint density at radius 2 is 1.73 bits per heavy atom. The van der Waals surface area contributed by atoms with Crippen LogP contribution in [0.5, 0.6) is 0 Å². The van der Waals surface area contributed by atoms with Gasteiger partial charge in [-0.15, -0.1) is 0 Å². The lowest BCUT2D eigenvalue weighted by Gasteiger charge is -2.22. The third-order valence-corrected chi connectivity index (χ3v) is 4.65. The van der Waals surface area contributed by atoms with E-state index in [9.17, 15) is 4.79 Å². The molecule has 1 amide bonds. The van der Waals surface area contributed by atoms with Crippen molar-refractivity contribution in [2.24, 2.45) is 0 Å². The van der Waals surface area contributed by atoms with Crippen LogP contribution in [0.1, 0.15) is 63.5 Å². The number of hydrogen-bond acceptors (Lipinski definition) is 2. The Morgan fingerprint density at radius 1 is 1.09 bits per heavy atom. The fraction of sp³-hybridized carbons (Fsp3) is 0.632. The highest BCUT2D eigenvalue weighted by Crippen LogP contribution is 2.22. The van der Waals surface area contributed by atoms with Crippen molar-refractivity contribution in [3.8, 4) is 0 Å². The van der Waals surface area contributed by atoms with Gasteiger partial charge in [-0.3, -0.25) is 4.79 Å². The quantitative estimate of drug-likeness (QED) is 0.797. The Hall–Kier alpha value is -1.35. The van der Waals surface area contributed by atoms with Crippen LogP contribution in [0.4, 0.5) is 5.69 Å². The van der Waals surface area contributed by atoms with Gasteiger partial charge in [0, 0.05) is 24.7 Å². The van der Waals surface area contributed by atoms with E-state index in [1.807, 2.05) is 0 Å². The maximum absolute atomic E-state index is 12.2. The predicted molar refractivity (Wildman–Crippen MR) is 93.3 cm³/mol. The topological polar surface area (TPSA) is 41.1 Å². The lowest BCUT2D eigenvalue weighted by Crippen LogP contribution is -2.33. The molecule has 3 heteroatoms. The maximum atomic E-state index is 12.2. The summed E-state index contributed by atoms with van der Waals surface area (Å²) in [6.45, 7) is 5.05. The molecule has 1 aromatic carbocycles. The van der Waals surface area contributed by atoms with Crippen LogP contribution in [0.15, 0.2) is 18.2 Å². The first-order chi connectivity index (χ1) is 10.7. The summed E-state index contributed by atoms with van der Waals surface area (Å²) >= 11 is 0. The number of anilines is 1. The molecule has 0 aliphatic heterocycles. The number of hydrogen-bond donors (Lipinski definition) is 2. The molecular formula is C19H30N2O. The number of amides is 1. The van der Waals surface area contributed by atoms with Gasteiger partial charge in [0.05, 0.1) is 0 Å². The first-order valence-electron chi connectivity index (χ1n) is 8.88. The van der Waals surface area contributed by atoms with E-state index in [4.69, 9.17) is 0 Å².